The molecule has 18 heavy (non-hydrogen) atoms. The zero-order valence-corrected chi connectivity index (χ0v) is 9.25. The summed E-state index contributed by atoms with van der Waals surface area (Å²) in [7, 11) is 1.21. The molecule has 0 heterocycles. The minimum absolute atomic E-state index is 0.000139. The van der Waals surface area contributed by atoms with Crippen LogP contribution in [0.5, 0.6) is 0 Å². The number of nitro benzene ring substituents is 1. The van der Waals surface area contributed by atoms with E-state index in [4.69, 9.17) is 5.41 Å². The summed E-state index contributed by atoms with van der Waals surface area (Å²) in [5.41, 5.74) is -1.77. The maximum atomic E-state index is 12.4. The van der Waals surface area contributed by atoms with Crippen molar-refractivity contribution in [3.8, 4) is 0 Å². The lowest BCUT2D eigenvalue weighted by Gasteiger charge is -2.08. The quantitative estimate of drug-likeness (QED) is 0.394. The Balaban J connectivity index is 3.21. The van der Waals surface area contributed by atoms with Crippen molar-refractivity contribution in [1.29, 1.82) is 5.41 Å². The zero-order chi connectivity index (χ0) is 13.9. The van der Waals surface area contributed by atoms with E-state index in [1.807, 2.05) is 0 Å². The van der Waals surface area contributed by atoms with Crippen LogP contribution < -0.4 is 0 Å². The molecule has 1 rings (SSSR count). The van der Waals surface area contributed by atoms with Gasteiger partial charge in [0.15, 0.2) is 5.90 Å². The number of rotatable bonds is 3. The van der Waals surface area contributed by atoms with Gasteiger partial charge in [-0.1, -0.05) is 6.07 Å². The highest BCUT2D eigenvalue weighted by molar-refractivity contribution is 5.76. The van der Waals surface area contributed by atoms with Crippen molar-refractivity contribution in [2.24, 2.45) is 0 Å². The Hall–Kier alpha value is -2.12. The van der Waals surface area contributed by atoms with Crippen LogP contribution in [-0.2, 0) is 17.3 Å². The van der Waals surface area contributed by atoms with Crippen LogP contribution in [0.1, 0.15) is 11.1 Å². The summed E-state index contributed by atoms with van der Waals surface area (Å²) in [4.78, 5) is 9.79. The Morgan fingerprint density at radius 1 is 1.50 bits per heavy atom. The number of benzene rings is 1. The first-order chi connectivity index (χ1) is 8.25. The molecule has 0 aliphatic rings. The Kier molecular flexibility index (Phi) is 3.89. The molecule has 0 saturated carbocycles. The van der Waals surface area contributed by atoms with Gasteiger partial charge in [-0.05, 0) is 6.07 Å². The first kappa shape index (κ1) is 13.9. The van der Waals surface area contributed by atoms with E-state index in [2.05, 4.69) is 4.74 Å². The minimum Gasteiger partial charge on any atom is -0.484 e. The third-order valence-electron chi connectivity index (χ3n) is 2.21. The molecule has 0 unspecified atom stereocenters. The van der Waals surface area contributed by atoms with Crippen molar-refractivity contribution in [3.05, 3.63) is 39.4 Å². The average Bonchev–Trinajstić information content (AvgIpc) is 2.27. The van der Waals surface area contributed by atoms with Gasteiger partial charge in [0.2, 0.25) is 0 Å². The fourth-order valence-electron chi connectivity index (χ4n) is 1.30. The highest BCUT2D eigenvalue weighted by Gasteiger charge is 2.33. The van der Waals surface area contributed by atoms with Crippen molar-refractivity contribution in [1.82, 2.24) is 0 Å². The largest absolute Gasteiger partial charge is 0.484 e. The van der Waals surface area contributed by atoms with E-state index in [-0.39, 0.29) is 17.9 Å². The summed E-state index contributed by atoms with van der Waals surface area (Å²) in [5.74, 6) is -0.266. The number of methoxy groups -OCH3 is 1. The molecule has 0 spiro atoms. The summed E-state index contributed by atoms with van der Waals surface area (Å²) < 4.78 is 41.7. The van der Waals surface area contributed by atoms with Crippen LogP contribution >= 0.6 is 0 Å². The summed E-state index contributed by atoms with van der Waals surface area (Å²) in [6.07, 6.45) is -4.87. The van der Waals surface area contributed by atoms with Crippen LogP contribution in [0.3, 0.4) is 0 Å². The fourth-order valence-corrected chi connectivity index (χ4v) is 1.30. The molecule has 1 aromatic carbocycles. The molecule has 0 bridgehead atoms. The molecule has 5 nitrogen and oxygen atoms in total. The van der Waals surface area contributed by atoms with Gasteiger partial charge in [0.25, 0.3) is 5.69 Å². The first-order valence-corrected chi connectivity index (χ1v) is 4.71. The predicted molar refractivity (Wildman–Crippen MR) is 56.5 cm³/mol. The number of halogens is 3. The molecule has 0 atom stereocenters. The molecule has 0 saturated heterocycles. The SMILES string of the molecule is COC(=N)Cc1ccc(C(F)(F)F)cc1[N+](=O)[O-]. The summed E-state index contributed by atoms with van der Waals surface area (Å²) in [5, 5.41) is 17.9. The van der Waals surface area contributed by atoms with Gasteiger partial charge in [0.1, 0.15) is 0 Å². The second-order valence-corrected chi connectivity index (χ2v) is 3.40. The number of nitrogens with zero attached hydrogens (tertiary/aromatic N) is 1. The summed E-state index contributed by atoms with van der Waals surface area (Å²) in [6.45, 7) is 0. The maximum absolute atomic E-state index is 12.4. The van der Waals surface area contributed by atoms with Gasteiger partial charge in [-0.25, -0.2) is 0 Å². The van der Waals surface area contributed by atoms with E-state index < -0.39 is 22.4 Å². The fraction of sp³-hybridized carbons (Fsp3) is 0.300. The van der Waals surface area contributed by atoms with E-state index in [0.29, 0.717) is 6.07 Å². The third-order valence-corrected chi connectivity index (χ3v) is 2.21. The van der Waals surface area contributed by atoms with Crippen LogP contribution in [0, 0.1) is 15.5 Å². The van der Waals surface area contributed by atoms with Gasteiger partial charge < -0.3 is 4.74 Å². The smallest absolute Gasteiger partial charge is 0.416 e. The molecule has 98 valence electrons. The number of hydrogen-bond acceptors (Lipinski definition) is 4. The lowest BCUT2D eigenvalue weighted by Crippen LogP contribution is -2.09. The number of alkyl halides is 3. The summed E-state index contributed by atoms with van der Waals surface area (Å²) >= 11 is 0. The number of hydrogen-bond donors (Lipinski definition) is 1. The van der Waals surface area contributed by atoms with Crippen LogP contribution in [0.15, 0.2) is 18.2 Å². The molecule has 0 amide bonds. The normalized spacial score (nSPS) is 11.1. The standard InChI is InChI=1S/C10H9F3N2O3/c1-18-9(14)4-6-2-3-7(10(11,12)13)5-8(6)15(16)17/h2-3,5,14H,4H2,1H3. The molecule has 1 aromatic rings. The van der Waals surface area contributed by atoms with E-state index in [1.54, 1.807) is 0 Å². The second kappa shape index (κ2) is 5.03. The predicted octanol–water partition coefficient (Wildman–Crippen LogP) is 2.78. The van der Waals surface area contributed by atoms with Gasteiger partial charge in [0.05, 0.1) is 24.0 Å². The molecule has 0 radical (unpaired) electrons. The molecular formula is C10H9F3N2O3. The third kappa shape index (κ3) is 3.19. The van der Waals surface area contributed by atoms with Crippen LogP contribution in [0.4, 0.5) is 18.9 Å². The topological polar surface area (TPSA) is 76.2 Å². The van der Waals surface area contributed by atoms with Gasteiger partial charge >= 0.3 is 6.18 Å². The van der Waals surface area contributed by atoms with Crippen molar-refractivity contribution in [2.45, 2.75) is 12.6 Å². The molecule has 8 heteroatoms. The van der Waals surface area contributed by atoms with Gasteiger partial charge in [-0.2, -0.15) is 13.2 Å². The number of ether oxygens (including phenoxy) is 1. The van der Waals surface area contributed by atoms with E-state index in [0.717, 1.165) is 12.1 Å². The van der Waals surface area contributed by atoms with E-state index >= 15 is 0 Å². The molecule has 0 aliphatic carbocycles. The Bertz CT molecular complexity index is 486. The second-order valence-electron chi connectivity index (χ2n) is 3.40. The van der Waals surface area contributed by atoms with Crippen molar-refractivity contribution in [3.63, 3.8) is 0 Å². The molecule has 1 N–H and O–H groups in total. The molecule has 0 aliphatic heterocycles. The van der Waals surface area contributed by atoms with Gasteiger partial charge in [0, 0.05) is 11.6 Å². The van der Waals surface area contributed by atoms with Crippen LogP contribution in [0.25, 0.3) is 0 Å². The number of nitro groups is 1. The van der Waals surface area contributed by atoms with E-state index in [1.165, 1.54) is 7.11 Å². The van der Waals surface area contributed by atoms with Crippen molar-refractivity contribution in [2.75, 3.05) is 7.11 Å². The zero-order valence-electron chi connectivity index (χ0n) is 9.25. The maximum Gasteiger partial charge on any atom is 0.416 e. The van der Waals surface area contributed by atoms with Crippen LogP contribution in [0.2, 0.25) is 0 Å². The lowest BCUT2D eigenvalue weighted by molar-refractivity contribution is -0.385. The monoisotopic (exact) mass is 262 g/mol. The highest BCUT2D eigenvalue weighted by atomic mass is 19.4. The Morgan fingerprint density at radius 2 is 2.11 bits per heavy atom. The van der Waals surface area contributed by atoms with Crippen molar-refractivity contribution >= 4 is 11.6 Å². The average molecular weight is 262 g/mol. The van der Waals surface area contributed by atoms with E-state index in [9.17, 15) is 23.3 Å². The number of nitrogens with one attached hydrogen (secondary N) is 1. The summed E-state index contributed by atoms with van der Waals surface area (Å²) in [6, 6.07) is 2.18. The minimum atomic E-state index is -4.64. The first-order valence-electron chi connectivity index (χ1n) is 4.71. The van der Waals surface area contributed by atoms with Crippen molar-refractivity contribution < 1.29 is 22.8 Å². The molecule has 0 fully saturated rings. The lowest BCUT2D eigenvalue weighted by atomic mass is 10.1. The van der Waals surface area contributed by atoms with Gasteiger partial charge in [-0.3, -0.25) is 15.5 Å². The molecule has 0 aromatic heterocycles. The molecular weight excluding hydrogens is 253 g/mol. The Labute approximate surface area is 99.8 Å². The van der Waals surface area contributed by atoms with Crippen LogP contribution in [-0.4, -0.2) is 17.9 Å². The highest BCUT2D eigenvalue weighted by Crippen LogP contribution is 2.33. The van der Waals surface area contributed by atoms with Gasteiger partial charge in [-0.15, -0.1) is 0 Å². The Morgan fingerprint density at radius 3 is 2.56 bits per heavy atom.